The van der Waals surface area contributed by atoms with Crippen LogP contribution in [0.3, 0.4) is 0 Å². The maximum absolute atomic E-state index is 13.7. The standard InChI is InChI=1S/C25H30ClNO2/c26-14-11-9-13(10-12-14)19-20-22(15-5-1-3-7-17(15)24(20)28)27-23-16-6-2-4-8-18(16)25(29)21(19)23/h9-12,15-23,27H,1-8H2. The maximum Gasteiger partial charge on any atom is 0.141 e. The highest BCUT2D eigenvalue weighted by Gasteiger charge is 2.64. The number of carbonyl (C=O) groups excluding carboxylic acids is 2. The minimum atomic E-state index is -0.0466. The molecule has 0 amide bonds. The van der Waals surface area contributed by atoms with Crippen LogP contribution >= 0.6 is 11.6 Å². The third-order valence-corrected chi connectivity index (χ3v) is 9.39. The predicted molar refractivity (Wildman–Crippen MR) is 113 cm³/mol. The second-order valence-electron chi connectivity index (χ2n) is 10.3. The summed E-state index contributed by atoms with van der Waals surface area (Å²) in [6.07, 6.45) is 9.24. The van der Waals surface area contributed by atoms with E-state index in [0.29, 0.717) is 28.4 Å². The summed E-state index contributed by atoms with van der Waals surface area (Å²) in [6.45, 7) is 0. The Labute approximate surface area is 178 Å². The van der Waals surface area contributed by atoms with Crippen molar-refractivity contribution >= 4 is 23.2 Å². The van der Waals surface area contributed by atoms with Gasteiger partial charge in [0.15, 0.2) is 0 Å². The molecule has 1 aromatic carbocycles. The van der Waals surface area contributed by atoms with Crippen molar-refractivity contribution in [2.24, 2.45) is 35.5 Å². The minimum Gasteiger partial charge on any atom is -0.309 e. The Kier molecular flexibility index (Phi) is 4.43. The summed E-state index contributed by atoms with van der Waals surface area (Å²) in [4.78, 5) is 27.3. The van der Waals surface area contributed by atoms with Crippen LogP contribution in [0.2, 0.25) is 5.02 Å². The predicted octanol–water partition coefficient (Wildman–Crippen LogP) is 4.77. The van der Waals surface area contributed by atoms with Gasteiger partial charge in [0, 0.05) is 46.7 Å². The first-order valence-corrected chi connectivity index (χ1v) is 12.1. The lowest BCUT2D eigenvalue weighted by Gasteiger charge is -2.45. The van der Waals surface area contributed by atoms with Crippen LogP contribution in [0, 0.1) is 35.5 Å². The molecular weight excluding hydrogens is 382 g/mol. The summed E-state index contributed by atoms with van der Waals surface area (Å²) in [6, 6.07) is 8.53. The maximum atomic E-state index is 13.7. The van der Waals surface area contributed by atoms with E-state index in [-0.39, 0.29) is 41.7 Å². The highest BCUT2D eigenvalue weighted by Crippen LogP contribution is 2.58. The molecule has 3 nitrogen and oxygen atoms in total. The summed E-state index contributed by atoms with van der Waals surface area (Å²) in [5.74, 6) is 2.16. The molecule has 5 fully saturated rings. The monoisotopic (exact) mass is 411 g/mol. The van der Waals surface area contributed by atoms with Crippen molar-refractivity contribution in [1.82, 2.24) is 5.32 Å². The van der Waals surface area contributed by atoms with Gasteiger partial charge in [0.25, 0.3) is 0 Å². The van der Waals surface area contributed by atoms with Crippen LogP contribution in [0.15, 0.2) is 24.3 Å². The summed E-state index contributed by atoms with van der Waals surface area (Å²) < 4.78 is 0. The normalized spacial score (nSPS) is 46.0. The molecule has 1 aliphatic heterocycles. The van der Waals surface area contributed by atoms with Gasteiger partial charge in [0.1, 0.15) is 11.6 Å². The van der Waals surface area contributed by atoms with Crippen LogP contribution in [0.1, 0.15) is 62.8 Å². The number of hydrogen-bond acceptors (Lipinski definition) is 3. The van der Waals surface area contributed by atoms with Crippen LogP contribution in [0.4, 0.5) is 0 Å². The SMILES string of the molecule is O=C1C2CCCCC2C2NC3C4CCCCC4C(=O)C3C(c3ccc(Cl)cc3)C12. The number of Topliss-reactive ketones (excluding diaryl/α,β-unsaturated/α-hetero) is 2. The van der Waals surface area contributed by atoms with Gasteiger partial charge in [-0.3, -0.25) is 9.59 Å². The number of rotatable bonds is 1. The van der Waals surface area contributed by atoms with E-state index in [1.165, 1.54) is 25.7 Å². The highest BCUT2D eigenvalue weighted by molar-refractivity contribution is 6.30. The molecule has 0 radical (unpaired) electrons. The fraction of sp³-hybridized carbons (Fsp3) is 0.680. The quantitative estimate of drug-likeness (QED) is 0.723. The lowest BCUT2D eigenvalue weighted by atomic mass is 9.67. The number of hydrogen-bond donors (Lipinski definition) is 1. The lowest BCUT2D eigenvalue weighted by molar-refractivity contribution is -0.129. The Hall–Kier alpha value is -1.19. The van der Waals surface area contributed by atoms with Crippen molar-refractivity contribution < 1.29 is 9.59 Å². The van der Waals surface area contributed by atoms with Crippen LogP contribution in [-0.2, 0) is 9.59 Å². The molecule has 4 saturated carbocycles. The van der Waals surface area contributed by atoms with E-state index in [9.17, 15) is 9.59 Å². The number of benzene rings is 1. The third kappa shape index (κ3) is 2.66. The molecule has 0 spiro atoms. The molecule has 0 aromatic heterocycles. The number of nitrogens with one attached hydrogen (secondary N) is 1. The first-order valence-electron chi connectivity index (χ1n) is 11.7. The first-order chi connectivity index (χ1) is 14.1. The van der Waals surface area contributed by atoms with E-state index in [0.717, 1.165) is 31.2 Å². The number of halogens is 1. The summed E-state index contributed by atoms with van der Waals surface area (Å²) in [5.41, 5.74) is 1.15. The van der Waals surface area contributed by atoms with E-state index in [2.05, 4.69) is 17.4 Å². The van der Waals surface area contributed by atoms with Crippen molar-refractivity contribution in [3.8, 4) is 0 Å². The molecule has 154 valence electrons. The van der Waals surface area contributed by atoms with Crippen molar-refractivity contribution in [3.63, 3.8) is 0 Å². The van der Waals surface area contributed by atoms with E-state index < -0.39 is 0 Å². The zero-order valence-corrected chi connectivity index (χ0v) is 17.6. The molecule has 29 heavy (non-hydrogen) atoms. The molecule has 1 N–H and O–H groups in total. The third-order valence-electron chi connectivity index (χ3n) is 9.14. The molecule has 1 aromatic rings. The lowest BCUT2D eigenvalue weighted by Crippen LogP contribution is -2.58. The fourth-order valence-electron chi connectivity index (χ4n) is 8.07. The largest absolute Gasteiger partial charge is 0.309 e. The average molecular weight is 412 g/mol. The van der Waals surface area contributed by atoms with Crippen molar-refractivity contribution in [2.75, 3.05) is 0 Å². The Bertz CT molecular complexity index is 790. The number of piperidine rings is 1. The topological polar surface area (TPSA) is 46.2 Å². The van der Waals surface area contributed by atoms with E-state index in [1.807, 2.05) is 12.1 Å². The number of carbonyl (C=O) groups is 2. The Morgan fingerprint density at radius 1 is 0.690 bits per heavy atom. The average Bonchev–Trinajstić information content (AvgIpc) is 3.21. The fourth-order valence-corrected chi connectivity index (χ4v) is 8.19. The van der Waals surface area contributed by atoms with Gasteiger partial charge in [0.2, 0.25) is 0 Å². The Balaban J connectivity index is 1.47. The molecule has 8 unspecified atom stereocenters. The van der Waals surface area contributed by atoms with Gasteiger partial charge in [-0.05, 0) is 55.2 Å². The first kappa shape index (κ1) is 18.6. The van der Waals surface area contributed by atoms with E-state index in [1.54, 1.807) is 0 Å². The molecule has 1 heterocycles. The van der Waals surface area contributed by atoms with Crippen LogP contribution in [0.25, 0.3) is 0 Å². The molecule has 5 aliphatic rings. The van der Waals surface area contributed by atoms with Gasteiger partial charge in [-0.25, -0.2) is 0 Å². The highest BCUT2D eigenvalue weighted by atomic mass is 35.5. The van der Waals surface area contributed by atoms with E-state index >= 15 is 0 Å². The summed E-state index contributed by atoms with van der Waals surface area (Å²) in [5, 5.41) is 4.70. The molecule has 4 heteroatoms. The molecule has 6 rings (SSSR count). The van der Waals surface area contributed by atoms with Crippen LogP contribution < -0.4 is 5.32 Å². The van der Waals surface area contributed by atoms with Crippen LogP contribution in [-0.4, -0.2) is 23.7 Å². The Morgan fingerprint density at radius 2 is 1.17 bits per heavy atom. The van der Waals surface area contributed by atoms with Gasteiger partial charge in [-0.15, -0.1) is 0 Å². The molecular formula is C25H30ClNO2. The van der Waals surface area contributed by atoms with Gasteiger partial charge in [-0.1, -0.05) is 49.4 Å². The Morgan fingerprint density at radius 3 is 1.69 bits per heavy atom. The van der Waals surface area contributed by atoms with Crippen molar-refractivity contribution in [2.45, 2.75) is 69.4 Å². The van der Waals surface area contributed by atoms with Gasteiger partial charge < -0.3 is 5.32 Å². The van der Waals surface area contributed by atoms with Gasteiger partial charge in [0.05, 0.1) is 0 Å². The van der Waals surface area contributed by atoms with Crippen LogP contribution in [0.5, 0.6) is 0 Å². The molecule has 1 saturated heterocycles. The summed E-state index contributed by atoms with van der Waals surface area (Å²) in [7, 11) is 0. The number of ketones is 2. The minimum absolute atomic E-state index is 0.0275. The molecule has 0 bridgehead atoms. The number of fused-ring (bicyclic) bond motifs is 6. The van der Waals surface area contributed by atoms with Gasteiger partial charge in [-0.2, -0.15) is 0 Å². The van der Waals surface area contributed by atoms with E-state index in [4.69, 9.17) is 11.6 Å². The molecule has 8 atom stereocenters. The van der Waals surface area contributed by atoms with Crippen molar-refractivity contribution in [1.29, 1.82) is 0 Å². The second-order valence-corrected chi connectivity index (χ2v) is 10.7. The van der Waals surface area contributed by atoms with Gasteiger partial charge >= 0.3 is 0 Å². The summed E-state index contributed by atoms with van der Waals surface area (Å²) >= 11 is 6.18. The second kappa shape index (κ2) is 6.92. The zero-order valence-electron chi connectivity index (χ0n) is 16.9. The smallest absolute Gasteiger partial charge is 0.141 e. The zero-order chi connectivity index (χ0) is 19.7. The molecule has 4 aliphatic carbocycles. The van der Waals surface area contributed by atoms with Crippen molar-refractivity contribution in [3.05, 3.63) is 34.9 Å².